The van der Waals surface area contributed by atoms with Crippen molar-refractivity contribution in [2.24, 2.45) is 5.92 Å². The smallest absolute Gasteiger partial charge is 0.0345 e. The van der Waals surface area contributed by atoms with Crippen molar-refractivity contribution in [1.82, 2.24) is 9.80 Å². The summed E-state index contributed by atoms with van der Waals surface area (Å²) in [5.74, 6) is 0.965. The molecule has 2 bridgehead atoms. The Morgan fingerprint density at radius 2 is 1.48 bits per heavy atom. The summed E-state index contributed by atoms with van der Waals surface area (Å²) in [6.45, 7) is 3.68. The van der Waals surface area contributed by atoms with Gasteiger partial charge < -0.3 is 0 Å². The van der Waals surface area contributed by atoms with E-state index in [1.54, 1.807) is 0 Å². The number of nitrogens with zero attached hydrogens (tertiary/aromatic N) is 2. The van der Waals surface area contributed by atoms with E-state index in [4.69, 9.17) is 0 Å². The Kier molecular flexibility index (Phi) is 4.79. The van der Waals surface area contributed by atoms with Gasteiger partial charge in [-0.25, -0.2) is 0 Å². The van der Waals surface area contributed by atoms with Gasteiger partial charge in [-0.3, -0.25) is 9.80 Å². The quantitative estimate of drug-likeness (QED) is 0.711. The van der Waals surface area contributed by atoms with Crippen LogP contribution in [0.25, 0.3) is 11.1 Å². The first-order chi connectivity index (χ1) is 13.3. The second-order valence-corrected chi connectivity index (χ2v) is 9.06. The number of fused-ring (bicyclic) bond motifs is 3. The van der Waals surface area contributed by atoms with Gasteiger partial charge in [0.2, 0.25) is 0 Å². The zero-order valence-corrected chi connectivity index (χ0v) is 16.6. The Labute approximate surface area is 164 Å². The fraction of sp³-hybridized carbons (Fsp3) is 0.520. The van der Waals surface area contributed by atoms with E-state index in [1.165, 1.54) is 73.9 Å². The van der Waals surface area contributed by atoms with Crippen LogP contribution in [0.15, 0.2) is 48.5 Å². The SMILES string of the molecule is CN1CCCC1c1ccc(-c2ccc(CN3CC4CCC3CC4)cc2)cc1. The van der Waals surface area contributed by atoms with Crippen LogP contribution < -0.4 is 0 Å². The van der Waals surface area contributed by atoms with Gasteiger partial charge >= 0.3 is 0 Å². The zero-order valence-electron chi connectivity index (χ0n) is 16.6. The molecular weight excluding hydrogens is 328 g/mol. The van der Waals surface area contributed by atoms with Crippen molar-refractivity contribution in [1.29, 1.82) is 0 Å². The molecule has 2 aromatic carbocycles. The first-order valence-electron chi connectivity index (χ1n) is 10.9. The predicted molar refractivity (Wildman–Crippen MR) is 113 cm³/mol. The van der Waals surface area contributed by atoms with Crippen molar-refractivity contribution in [2.75, 3.05) is 20.1 Å². The molecule has 1 aliphatic carbocycles. The van der Waals surface area contributed by atoms with Crippen molar-refractivity contribution < 1.29 is 0 Å². The third kappa shape index (κ3) is 3.58. The second kappa shape index (κ2) is 7.41. The fourth-order valence-corrected chi connectivity index (χ4v) is 5.63. The Hall–Kier alpha value is -1.64. The van der Waals surface area contributed by atoms with Gasteiger partial charge in [0, 0.05) is 25.2 Å². The summed E-state index contributed by atoms with van der Waals surface area (Å²) < 4.78 is 0. The standard InChI is InChI=1S/C25H32N2/c1-26-16-2-3-25(26)23-12-10-22(11-13-23)21-8-4-19(5-9-21)17-27-18-20-6-14-24(27)15-7-20/h4-5,8-13,20,24-25H,2-3,6-7,14-18H2,1H3. The van der Waals surface area contributed by atoms with Gasteiger partial charge in [-0.2, -0.15) is 0 Å². The molecule has 2 aromatic rings. The van der Waals surface area contributed by atoms with Crippen molar-refractivity contribution in [3.8, 4) is 11.1 Å². The molecule has 0 N–H and O–H groups in total. The third-order valence-corrected chi connectivity index (χ3v) is 7.31. The van der Waals surface area contributed by atoms with Crippen LogP contribution in [0.3, 0.4) is 0 Å². The van der Waals surface area contributed by atoms with E-state index < -0.39 is 0 Å². The maximum atomic E-state index is 2.74. The molecule has 0 aromatic heterocycles. The number of likely N-dealkylation sites (tertiary alicyclic amines) is 1. The van der Waals surface area contributed by atoms with E-state index in [9.17, 15) is 0 Å². The highest BCUT2D eigenvalue weighted by atomic mass is 15.2. The van der Waals surface area contributed by atoms with Gasteiger partial charge in [0.15, 0.2) is 0 Å². The van der Waals surface area contributed by atoms with Gasteiger partial charge in [-0.15, -0.1) is 0 Å². The van der Waals surface area contributed by atoms with E-state index >= 15 is 0 Å². The van der Waals surface area contributed by atoms with E-state index in [1.807, 2.05) is 0 Å². The van der Waals surface area contributed by atoms with Crippen LogP contribution in [0.4, 0.5) is 0 Å². The molecule has 0 amide bonds. The minimum absolute atomic E-state index is 0.612. The highest BCUT2D eigenvalue weighted by Gasteiger charge is 2.33. The summed E-state index contributed by atoms with van der Waals surface area (Å²) in [6.07, 6.45) is 8.39. The lowest BCUT2D eigenvalue weighted by molar-refractivity contribution is 0.0426. The summed E-state index contributed by atoms with van der Waals surface area (Å²) in [4.78, 5) is 5.22. The molecule has 3 saturated heterocycles. The molecular formula is C25H32N2. The van der Waals surface area contributed by atoms with Crippen LogP contribution in [0.2, 0.25) is 0 Å². The lowest BCUT2D eigenvalue weighted by Crippen LogP contribution is -2.47. The summed E-state index contributed by atoms with van der Waals surface area (Å²) >= 11 is 0. The number of benzene rings is 2. The van der Waals surface area contributed by atoms with E-state index in [-0.39, 0.29) is 0 Å². The maximum Gasteiger partial charge on any atom is 0.0345 e. The Bertz CT molecular complexity index is 756. The lowest BCUT2D eigenvalue weighted by Gasteiger charge is -2.45. The first-order valence-corrected chi connectivity index (χ1v) is 10.9. The Morgan fingerprint density at radius 3 is 2.04 bits per heavy atom. The van der Waals surface area contributed by atoms with Crippen molar-refractivity contribution in [2.45, 2.75) is 57.2 Å². The molecule has 27 heavy (non-hydrogen) atoms. The molecule has 3 heterocycles. The molecule has 2 nitrogen and oxygen atoms in total. The number of hydrogen-bond donors (Lipinski definition) is 0. The first kappa shape index (κ1) is 17.5. The molecule has 0 spiro atoms. The summed E-state index contributed by atoms with van der Waals surface area (Å²) in [7, 11) is 2.25. The summed E-state index contributed by atoms with van der Waals surface area (Å²) in [6, 6.07) is 20.0. The monoisotopic (exact) mass is 360 g/mol. The average Bonchev–Trinajstić information content (AvgIpc) is 3.16. The van der Waals surface area contributed by atoms with Crippen LogP contribution in [-0.2, 0) is 6.54 Å². The highest BCUT2D eigenvalue weighted by Crippen LogP contribution is 2.36. The molecule has 1 saturated carbocycles. The maximum absolute atomic E-state index is 2.74. The molecule has 1 unspecified atom stereocenters. The summed E-state index contributed by atoms with van der Waals surface area (Å²) in [5, 5.41) is 0. The molecule has 4 aliphatic rings. The van der Waals surface area contributed by atoms with Crippen molar-refractivity contribution in [3.63, 3.8) is 0 Å². The molecule has 142 valence electrons. The largest absolute Gasteiger partial charge is 0.299 e. The second-order valence-electron chi connectivity index (χ2n) is 9.06. The zero-order chi connectivity index (χ0) is 18.2. The lowest BCUT2D eigenvalue weighted by atomic mass is 9.80. The van der Waals surface area contributed by atoms with Crippen molar-refractivity contribution in [3.05, 3.63) is 59.7 Å². The van der Waals surface area contributed by atoms with Crippen LogP contribution >= 0.6 is 0 Å². The van der Waals surface area contributed by atoms with E-state index in [2.05, 4.69) is 65.4 Å². The van der Waals surface area contributed by atoms with Crippen LogP contribution in [0.5, 0.6) is 0 Å². The fourth-order valence-electron chi connectivity index (χ4n) is 5.63. The van der Waals surface area contributed by atoms with Gasteiger partial charge in [0.25, 0.3) is 0 Å². The van der Waals surface area contributed by atoms with E-state index in [0.29, 0.717) is 6.04 Å². The Morgan fingerprint density at radius 1 is 0.815 bits per heavy atom. The van der Waals surface area contributed by atoms with Crippen LogP contribution in [0, 0.1) is 5.92 Å². The summed E-state index contributed by atoms with van der Waals surface area (Å²) in [5.41, 5.74) is 5.61. The minimum atomic E-state index is 0.612. The molecule has 2 heteroatoms. The van der Waals surface area contributed by atoms with E-state index in [0.717, 1.165) is 18.5 Å². The van der Waals surface area contributed by atoms with Gasteiger partial charge in [-0.05, 0) is 80.3 Å². The molecule has 4 fully saturated rings. The van der Waals surface area contributed by atoms with Gasteiger partial charge in [0.05, 0.1) is 0 Å². The average molecular weight is 361 g/mol. The normalized spacial score (nSPS) is 28.7. The highest BCUT2D eigenvalue weighted by molar-refractivity contribution is 5.64. The van der Waals surface area contributed by atoms with Gasteiger partial charge in [0.1, 0.15) is 0 Å². The number of piperidine rings is 2. The van der Waals surface area contributed by atoms with Crippen LogP contribution in [0.1, 0.15) is 55.7 Å². The predicted octanol–water partition coefficient (Wildman–Crippen LogP) is 5.49. The number of rotatable bonds is 4. The molecule has 1 atom stereocenters. The molecule has 3 aliphatic heterocycles. The van der Waals surface area contributed by atoms with Gasteiger partial charge in [-0.1, -0.05) is 48.5 Å². The third-order valence-electron chi connectivity index (χ3n) is 7.31. The van der Waals surface area contributed by atoms with Crippen LogP contribution in [-0.4, -0.2) is 36.0 Å². The minimum Gasteiger partial charge on any atom is -0.299 e. The Balaban J connectivity index is 1.26. The molecule has 0 radical (unpaired) electrons. The topological polar surface area (TPSA) is 6.48 Å². The molecule has 6 rings (SSSR count). The van der Waals surface area contributed by atoms with Crippen molar-refractivity contribution >= 4 is 0 Å². The number of hydrogen-bond acceptors (Lipinski definition) is 2.